The van der Waals surface area contributed by atoms with Gasteiger partial charge < -0.3 is 21.6 Å². The summed E-state index contributed by atoms with van der Waals surface area (Å²) in [6, 6.07) is 12.4. The molecule has 30 heavy (non-hydrogen) atoms. The maximum Gasteiger partial charge on any atom is 0.288 e. The summed E-state index contributed by atoms with van der Waals surface area (Å²) in [4.78, 5) is 13.1. The van der Waals surface area contributed by atoms with Crippen molar-refractivity contribution < 1.29 is 13.5 Å². The number of nitrogen functional groups attached to an aromatic ring is 1. The van der Waals surface area contributed by atoms with E-state index in [0.717, 1.165) is 12.8 Å². The number of rotatable bonds is 4. The second kappa shape index (κ2) is 6.49. The third-order valence-corrected chi connectivity index (χ3v) is 6.60. The Morgan fingerprint density at radius 1 is 1.30 bits per heavy atom. The molecule has 2 heterocycles. The Labute approximate surface area is 171 Å². The number of hydrogen-bond donors (Lipinski definition) is 4. The number of benzene rings is 2. The van der Waals surface area contributed by atoms with E-state index in [1.165, 1.54) is 16.8 Å². The fraction of sp³-hybridized carbons (Fsp3) is 0.200. The SMILES string of the molecule is Nc1[c]ccc2c1S(=O)(=O)N=C(c1c(O)c3ccccc3n(NCC3CC3)c1=O)N2. The lowest BCUT2D eigenvalue weighted by atomic mass is 10.1. The summed E-state index contributed by atoms with van der Waals surface area (Å²) in [5, 5.41) is 14.1. The van der Waals surface area contributed by atoms with Crippen LogP contribution in [0.15, 0.2) is 50.5 Å². The van der Waals surface area contributed by atoms with Gasteiger partial charge in [-0.3, -0.25) is 4.79 Å². The van der Waals surface area contributed by atoms with Gasteiger partial charge in [-0.25, -0.2) is 4.68 Å². The molecule has 1 saturated carbocycles. The van der Waals surface area contributed by atoms with Crippen molar-refractivity contribution >= 4 is 38.1 Å². The first kappa shape index (κ1) is 18.5. The molecule has 5 rings (SSSR count). The molecule has 0 saturated heterocycles. The lowest BCUT2D eigenvalue weighted by Gasteiger charge is -2.21. The number of nitrogens with two attached hydrogens (primary N) is 1. The average Bonchev–Trinajstić information content (AvgIpc) is 3.51. The molecular formula is C20H18N5O4S. The summed E-state index contributed by atoms with van der Waals surface area (Å²) >= 11 is 0. The van der Waals surface area contributed by atoms with Crippen LogP contribution in [0.25, 0.3) is 10.9 Å². The lowest BCUT2D eigenvalue weighted by molar-refractivity contribution is 0.478. The van der Waals surface area contributed by atoms with Gasteiger partial charge in [-0.15, -0.1) is 4.40 Å². The maximum atomic E-state index is 13.3. The van der Waals surface area contributed by atoms with Crippen LogP contribution in [0, 0.1) is 12.0 Å². The number of pyridine rings is 1. The Hall–Kier alpha value is -3.53. The van der Waals surface area contributed by atoms with Gasteiger partial charge in [-0.1, -0.05) is 18.2 Å². The number of aromatic hydroxyl groups is 1. The molecule has 0 spiro atoms. The first-order valence-corrected chi connectivity index (χ1v) is 10.8. The summed E-state index contributed by atoms with van der Waals surface area (Å²) in [6.45, 7) is 0.599. The Bertz CT molecular complexity index is 1390. The van der Waals surface area contributed by atoms with Gasteiger partial charge in [0.1, 0.15) is 16.2 Å². The highest BCUT2D eigenvalue weighted by molar-refractivity contribution is 7.90. The molecule has 0 unspecified atom stereocenters. The van der Waals surface area contributed by atoms with E-state index >= 15 is 0 Å². The number of fused-ring (bicyclic) bond motifs is 2. The van der Waals surface area contributed by atoms with Crippen LogP contribution in [0.1, 0.15) is 18.4 Å². The summed E-state index contributed by atoms with van der Waals surface area (Å²) < 4.78 is 30.6. The molecule has 153 valence electrons. The molecule has 10 heteroatoms. The molecule has 1 fully saturated rings. The van der Waals surface area contributed by atoms with Crippen LogP contribution >= 0.6 is 0 Å². The molecule has 5 N–H and O–H groups in total. The number of nitrogens with one attached hydrogen (secondary N) is 2. The molecule has 0 amide bonds. The van der Waals surface area contributed by atoms with E-state index in [1.807, 2.05) is 0 Å². The third kappa shape index (κ3) is 2.88. The Balaban J connectivity index is 1.73. The van der Waals surface area contributed by atoms with Crippen molar-refractivity contribution in [2.45, 2.75) is 17.7 Å². The van der Waals surface area contributed by atoms with Crippen LogP contribution in [0.2, 0.25) is 0 Å². The Morgan fingerprint density at radius 3 is 2.83 bits per heavy atom. The molecule has 0 bridgehead atoms. The second-order valence-corrected chi connectivity index (χ2v) is 8.90. The predicted octanol–water partition coefficient (Wildman–Crippen LogP) is 1.60. The fourth-order valence-corrected chi connectivity index (χ4v) is 4.74. The van der Waals surface area contributed by atoms with E-state index < -0.39 is 15.6 Å². The highest BCUT2D eigenvalue weighted by atomic mass is 32.2. The van der Waals surface area contributed by atoms with Crippen molar-refractivity contribution in [3.8, 4) is 5.75 Å². The number of nitrogens with zero attached hydrogens (tertiary/aromatic N) is 2. The lowest BCUT2D eigenvalue weighted by Crippen LogP contribution is -2.37. The quantitative estimate of drug-likeness (QED) is 0.467. The Morgan fingerprint density at radius 2 is 2.07 bits per heavy atom. The molecule has 1 aliphatic carbocycles. The van der Waals surface area contributed by atoms with E-state index in [0.29, 0.717) is 23.4 Å². The summed E-state index contributed by atoms with van der Waals surface area (Å²) in [5.41, 5.74) is 8.61. The van der Waals surface area contributed by atoms with Gasteiger partial charge in [0.15, 0.2) is 5.84 Å². The zero-order valence-electron chi connectivity index (χ0n) is 15.7. The summed E-state index contributed by atoms with van der Waals surface area (Å²) in [5.74, 6) is -0.117. The minimum atomic E-state index is -4.20. The minimum Gasteiger partial charge on any atom is -0.506 e. The van der Waals surface area contributed by atoms with Gasteiger partial charge in [0, 0.05) is 18.0 Å². The van der Waals surface area contributed by atoms with E-state index in [2.05, 4.69) is 21.2 Å². The summed E-state index contributed by atoms with van der Waals surface area (Å²) in [7, 11) is -4.20. The van der Waals surface area contributed by atoms with Gasteiger partial charge in [-0.2, -0.15) is 8.42 Å². The van der Waals surface area contributed by atoms with Gasteiger partial charge >= 0.3 is 0 Å². The van der Waals surface area contributed by atoms with Crippen LogP contribution in [0.3, 0.4) is 0 Å². The number of aromatic nitrogens is 1. The molecule has 1 radical (unpaired) electrons. The van der Waals surface area contributed by atoms with Gasteiger partial charge in [0.05, 0.1) is 16.9 Å². The summed E-state index contributed by atoms with van der Waals surface area (Å²) in [6.07, 6.45) is 2.18. The largest absolute Gasteiger partial charge is 0.506 e. The zero-order valence-corrected chi connectivity index (χ0v) is 16.5. The van der Waals surface area contributed by atoms with Crippen LogP contribution in [0.4, 0.5) is 11.4 Å². The molecule has 1 aliphatic heterocycles. The topological polar surface area (TPSA) is 139 Å². The van der Waals surface area contributed by atoms with Crippen LogP contribution in [0.5, 0.6) is 5.75 Å². The van der Waals surface area contributed by atoms with Crippen LogP contribution in [-0.4, -0.2) is 30.6 Å². The van der Waals surface area contributed by atoms with Crippen molar-refractivity contribution in [1.82, 2.24) is 4.68 Å². The first-order chi connectivity index (χ1) is 14.4. The molecule has 0 atom stereocenters. The number of amidine groups is 1. The normalized spacial score (nSPS) is 17.1. The van der Waals surface area contributed by atoms with Crippen molar-refractivity contribution in [3.63, 3.8) is 0 Å². The molecule has 9 nitrogen and oxygen atoms in total. The van der Waals surface area contributed by atoms with Crippen molar-refractivity contribution in [3.05, 3.63) is 58.4 Å². The monoisotopic (exact) mass is 424 g/mol. The second-order valence-electron chi connectivity index (χ2n) is 7.36. The van der Waals surface area contributed by atoms with Crippen LogP contribution in [-0.2, 0) is 10.0 Å². The highest BCUT2D eigenvalue weighted by Gasteiger charge is 2.31. The molecule has 2 aliphatic rings. The number of hydrogen-bond acceptors (Lipinski definition) is 7. The average molecular weight is 424 g/mol. The molecule has 1 aromatic heterocycles. The van der Waals surface area contributed by atoms with E-state index in [9.17, 15) is 18.3 Å². The van der Waals surface area contributed by atoms with E-state index in [1.54, 1.807) is 24.3 Å². The Kier molecular flexibility index (Phi) is 4.00. The fourth-order valence-electron chi connectivity index (χ4n) is 3.54. The first-order valence-electron chi connectivity index (χ1n) is 9.40. The smallest absolute Gasteiger partial charge is 0.288 e. The van der Waals surface area contributed by atoms with Crippen LogP contribution < -0.4 is 22.0 Å². The standard InChI is InChI=1S/C20H18N5O4S/c21-13-5-3-6-14-18(13)30(28,29)24-19(23-14)16-17(26)12-4-1-2-7-15(12)25(20(16)27)22-10-11-8-9-11/h1-4,6-7,11,22,26H,8-10,21H2,(H,23,24). The highest BCUT2D eigenvalue weighted by Crippen LogP contribution is 2.35. The minimum absolute atomic E-state index is 0.0750. The maximum absolute atomic E-state index is 13.3. The van der Waals surface area contributed by atoms with Crippen molar-refractivity contribution in [2.75, 3.05) is 23.0 Å². The number of sulfonamides is 1. The zero-order chi connectivity index (χ0) is 21.0. The van der Waals surface area contributed by atoms with Crippen molar-refractivity contribution in [2.24, 2.45) is 10.3 Å². The molecule has 3 aromatic rings. The number of para-hydroxylation sites is 1. The van der Waals surface area contributed by atoms with Gasteiger partial charge in [0.25, 0.3) is 15.6 Å². The third-order valence-electron chi connectivity index (χ3n) is 5.23. The van der Waals surface area contributed by atoms with E-state index in [-0.39, 0.29) is 33.4 Å². The number of anilines is 2. The van der Waals surface area contributed by atoms with Crippen molar-refractivity contribution in [1.29, 1.82) is 0 Å². The molecule has 2 aromatic carbocycles. The van der Waals surface area contributed by atoms with Gasteiger partial charge in [0.2, 0.25) is 0 Å². The van der Waals surface area contributed by atoms with E-state index in [4.69, 9.17) is 5.73 Å². The predicted molar refractivity (Wildman–Crippen MR) is 114 cm³/mol. The van der Waals surface area contributed by atoms with Gasteiger partial charge in [-0.05, 0) is 37.0 Å². The molecular weight excluding hydrogens is 406 g/mol.